The number of H-pyrrole nitrogens is 1. The van der Waals surface area contributed by atoms with Crippen molar-refractivity contribution in [3.63, 3.8) is 0 Å². The molecule has 0 saturated carbocycles. The van der Waals surface area contributed by atoms with E-state index < -0.39 is 5.91 Å². The molecule has 1 aromatic heterocycles. The molecule has 5 nitrogen and oxygen atoms in total. The number of pyridine rings is 1. The molecule has 6 heteroatoms. The van der Waals surface area contributed by atoms with E-state index in [0.29, 0.717) is 23.0 Å². The van der Waals surface area contributed by atoms with Crippen LogP contribution in [0.2, 0.25) is 0 Å². The second-order valence-corrected chi connectivity index (χ2v) is 4.85. The fourth-order valence-corrected chi connectivity index (χ4v) is 1.89. The molecule has 1 heterocycles. The number of amides is 1. The maximum absolute atomic E-state index is 11.9. The van der Waals surface area contributed by atoms with Gasteiger partial charge in [0, 0.05) is 24.5 Å². The molecule has 3 N–H and O–H groups in total. The van der Waals surface area contributed by atoms with Crippen LogP contribution in [0.3, 0.4) is 0 Å². The van der Waals surface area contributed by atoms with E-state index in [9.17, 15) is 9.59 Å². The van der Waals surface area contributed by atoms with E-state index in [1.165, 1.54) is 6.20 Å². The molecule has 0 saturated heterocycles. The van der Waals surface area contributed by atoms with E-state index in [1.807, 2.05) is 6.92 Å². The Balaban J connectivity index is 2.91. The van der Waals surface area contributed by atoms with Crippen molar-refractivity contribution in [3.8, 4) is 0 Å². The second kappa shape index (κ2) is 6.70. The Kier molecular flexibility index (Phi) is 5.55. The fourth-order valence-electron chi connectivity index (χ4n) is 1.56. The van der Waals surface area contributed by atoms with Gasteiger partial charge in [0.2, 0.25) is 5.43 Å². The topological polar surface area (TPSA) is 82.2 Å². The Hall–Kier alpha value is -1.14. The summed E-state index contributed by atoms with van der Waals surface area (Å²) in [5.41, 5.74) is 0.422. The first-order valence-corrected chi connectivity index (χ1v) is 6.60. The summed E-state index contributed by atoms with van der Waals surface area (Å²) in [4.78, 5) is 26.7. The van der Waals surface area contributed by atoms with Gasteiger partial charge in [-0.15, -0.1) is 0 Å². The molecule has 1 atom stereocenters. The van der Waals surface area contributed by atoms with Crippen LogP contribution in [0.4, 0.5) is 0 Å². The van der Waals surface area contributed by atoms with E-state index in [4.69, 9.17) is 5.11 Å². The van der Waals surface area contributed by atoms with Gasteiger partial charge in [-0.1, -0.05) is 6.92 Å². The Bertz CT molecular complexity index is 485. The van der Waals surface area contributed by atoms with Crippen LogP contribution in [-0.4, -0.2) is 28.6 Å². The number of aryl methyl sites for hydroxylation is 1. The zero-order valence-corrected chi connectivity index (χ0v) is 12.0. The van der Waals surface area contributed by atoms with E-state index in [-0.39, 0.29) is 23.6 Å². The quantitative estimate of drug-likeness (QED) is 0.766. The Morgan fingerprint density at radius 3 is 2.83 bits per heavy atom. The summed E-state index contributed by atoms with van der Waals surface area (Å²) in [5, 5.41) is 11.6. The first-order valence-electron chi connectivity index (χ1n) is 5.80. The minimum absolute atomic E-state index is 0.00668. The number of carbonyl (C=O) groups excluding carboxylic acids is 1. The minimum Gasteiger partial charge on any atom is -0.396 e. The van der Waals surface area contributed by atoms with Gasteiger partial charge in [-0.2, -0.15) is 0 Å². The highest BCUT2D eigenvalue weighted by atomic mass is 79.9. The number of aromatic nitrogens is 1. The molecule has 0 bridgehead atoms. The third-order valence-corrected chi connectivity index (χ3v) is 3.71. The Labute approximate surface area is 114 Å². The molecule has 18 heavy (non-hydrogen) atoms. The van der Waals surface area contributed by atoms with Gasteiger partial charge < -0.3 is 15.4 Å². The van der Waals surface area contributed by atoms with Gasteiger partial charge in [-0.3, -0.25) is 9.59 Å². The Morgan fingerprint density at radius 2 is 2.28 bits per heavy atom. The lowest BCUT2D eigenvalue weighted by molar-refractivity contribution is 0.0927. The molecule has 100 valence electrons. The molecule has 1 unspecified atom stereocenters. The maximum atomic E-state index is 11.9. The smallest absolute Gasteiger partial charge is 0.257 e. The standard InChI is InChI=1S/C12H17BrN2O3/c1-3-8(4-5-16)15-12(18)9-6-14-7(2)10(13)11(9)17/h6,8,16H,3-5H2,1-2H3,(H,14,17)(H,15,18). The molecule has 0 spiro atoms. The van der Waals surface area contributed by atoms with Gasteiger partial charge >= 0.3 is 0 Å². The van der Waals surface area contributed by atoms with Crippen molar-refractivity contribution < 1.29 is 9.90 Å². The summed E-state index contributed by atoms with van der Waals surface area (Å²) < 4.78 is 0.366. The van der Waals surface area contributed by atoms with Crippen LogP contribution in [-0.2, 0) is 0 Å². The summed E-state index contributed by atoms with van der Waals surface area (Å²) in [5.74, 6) is -0.419. The molecule has 0 fully saturated rings. The van der Waals surface area contributed by atoms with Gasteiger partial charge in [0.25, 0.3) is 5.91 Å². The van der Waals surface area contributed by atoms with Gasteiger partial charge in [0.15, 0.2) is 0 Å². The zero-order valence-electron chi connectivity index (χ0n) is 10.4. The van der Waals surface area contributed by atoms with Crippen LogP contribution in [0.25, 0.3) is 0 Å². The summed E-state index contributed by atoms with van der Waals surface area (Å²) in [6, 6.07) is -0.123. The normalized spacial score (nSPS) is 12.2. The van der Waals surface area contributed by atoms with Gasteiger partial charge in [-0.05, 0) is 35.7 Å². The van der Waals surface area contributed by atoms with Crippen LogP contribution in [0, 0.1) is 6.92 Å². The molecule has 0 radical (unpaired) electrons. The summed E-state index contributed by atoms with van der Waals surface area (Å²) in [7, 11) is 0. The SMILES string of the molecule is CCC(CCO)NC(=O)c1c[nH]c(C)c(Br)c1=O. The van der Waals surface area contributed by atoms with Crippen LogP contribution in [0.15, 0.2) is 15.5 Å². The average molecular weight is 317 g/mol. The van der Waals surface area contributed by atoms with E-state index in [2.05, 4.69) is 26.2 Å². The molecule has 1 amide bonds. The largest absolute Gasteiger partial charge is 0.396 e. The van der Waals surface area contributed by atoms with Crippen molar-refractivity contribution in [3.05, 3.63) is 32.2 Å². The fraction of sp³-hybridized carbons (Fsp3) is 0.500. The predicted octanol–water partition coefficient (Wildman–Crippen LogP) is 1.34. The molecule has 0 aliphatic rings. The van der Waals surface area contributed by atoms with Crippen LogP contribution < -0.4 is 10.7 Å². The highest BCUT2D eigenvalue weighted by molar-refractivity contribution is 9.10. The van der Waals surface area contributed by atoms with Crippen molar-refractivity contribution in [1.29, 1.82) is 0 Å². The molecular formula is C12H17BrN2O3. The first kappa shape index (κ1) is 14.9. The number of carbonyl (C=O) groups is 1. The maximum Gasteiger partial charge on any atom is 0.257 e. The molecule has 0 aliphatic heterocycles. The highest BCUT2D eigenvalue weighted by Crippen LogP contribution is 2.09. The number of rotatable bonds is 5. The zero-order chi connectivity index (χ0) is 13.7. The van der Waals surface area contributed by atoms with E-state index in [0.717, 1.165) is 0 Å². The van der Waals surface area contributed by atoms with Crippen molar-refractivity contribution in [2.45, 2.75) is 32.7 Å². The van der Waals surface area contributed by atoms with Gasteiger partial charge in [0.05, 0.1) is 4.47 Å². The molecule has 0 aliphatic carbocycles. The summed E-state index contributed by atoms with van der Waals surface area (Å²) >= 11 is 3.15. The number of halogens is 1. The summed E-state index contributed by atoms with van der Waals surface area (Å²) in [6.07, 6.45) is 2.59. The molecule has 1 aromatic rings. The predicted molar refractivity (Wildman–Crippen MR) is 72.7 cm³/mol. The number of hydrogen-bond donors (Lipinski definition) is 3. The van der Waals surface area contributed by atoms with Gasteiger partial charge in [0.1, 0.15) is 5.56 Å². The lowest BCUT2D eigenvalue weighted by Crippen LogP contribution is -2.37. The number of aliphatic hydroxyl groups is 1. The first-order chi connectivity index (χ1) is 8.51. The average Bonchev–Trinajstić information content (AvgIpc) is 2.35. The lowest BCUT2D eigenvalue weighted by atomic mass is 10.1. The van der Waals surface area contributed by atoms with Crippen molar-refractivity contribution >= 4 is 21.8 Å². The molecule has 0 aromatic carbocycles. The molecular weight excluding hydrogens is 300 g/mol. The number of hydrogen-bond acceptors (Lipinski definition) is 3. The third-order valence-electron chi connectivity index (χ3n) is 2.76. The lowest BCUT2D eigenvalue weighted by Gasteiger charge is -2.15. The second-order valence-electron chi connectivity index (χ2n) is 4.06. The van der Waals surface area contributed by atoms with Crippen LogP contribution in [0.5, 0.6) is 0 Å². The number of nitrogens with one attached hydrogen (secondary N) is 2. The third kappa shape index (κ3) is 3.43. The Morgan fingerprint density at radius 1 is 1.61 bits per heavy atom. The van der Waals surface area contributed by atoms with Crippen molar-refractivity contribution in [1.82, 2.24) is 10.3 Å². The number of aromatic amines is 1. The number of aliphatic hydroxyl groups excluding tert-OH is 1. The van der Waals surface area contributed by atoms with Gasteiger partial charge in [-0.25, -0.2) is 0 Å². The van der Waals surface area contributed by atoms with Crippen molar-refractivity contribution in [2.24, 2.45) is 0 Å². The highest BCUT2D eigenvalue weighted by Gasteiger charge is 2.16. The minimum atomic E-state index is -0.419. The van der Waals surface area contributed by atoms with E-state index in [1.54, 1.807) is 6.92 Å². The van der Waals surface area contributed by atoms with Crippen LogP contribution >= 0.6 is 15.9 Å². The van der Waals surface area contributed by atoms with E-state index >= 15 is 0 Å². The van der Waals surface area contributed by atoms with Crippen molar-refractivity contribution in [2.75, 3.05) is 6.61 Å². The monoisotopic (exact) mass is 316 g/mol. The summed E-state index contributed by atoms with van der Waals surface area (Å²) in [6.45, 7) is 3.66. The molecule has 1 rings (SSSR count). The van der Waals surface area contributed by atoms with Crippen LogP contribution in [0.1, 0.15) is 35.8 Å².